The number of aliphatic hydroxyl groups is 1. The van der Waals surface area contributed by atoms with Gasteiger partial charge in [-0.15, -0.1) is 0 Å². The predicted octanol–water partition coefficient (Wildman–Crippen LogP) is 1.42. The first-order chi connectivity index (χ1) is 9.15. The molecule has 108 valence electrons. The van der Waals surface area contributed by atoms with Crippen LogP contribution in [-0.4, -0.2) is 46.2 Å². The highest BCUT2D eigenvalue weighted by Gasteiger charge is 2.44. The van der Waals surface area contributed by atoms with Gasteiger partial charge in [0.1, 0.15) is 0 Å². The average molecular weight is 266 g/mol. The van der Waals surface area contributed by atoms with Crippen LogP contribution in [0.2, 0.25) is 0 Å². The molecule has 0 aromatic carbocycles. The number of aliphatic hydroxyl groups excluding tert-OH is 1. The Morgan fingerprint density at radius 3 is 2.32 bits per heavy atom. The van der Waals surface area contributed by atoms with Crippen LogP contribution in [0.25, 0.3) is 0 Å². The van der Waals surface area contributed by atoms with Gasteiger partial charge in [0.2, 0.25) is 5.91 Å². The fourth-order valence-electron chi connectivity index (χ4n) is 4.34. The molecule has 2 bridgehead atoms. The number of hydrogen-bond acceptors (Lipinski definition) is 3. The summed E-state index contributed by atoms with van der Waals surface area (Å²) < 4.78 is 0. The molecule has 3 atom stereocenters. The smallest absolute Gasteiger partial charge is 0.237 e. The largest absolute Gasteiger partial charge is 0.393 e. The van der Waals surface area contributed by atoms with Gasteiger partial charge in [-0.3, -0.25) is 9.69 Å². The van der Waals surface area contributed by atoms with Gasteiger partial charge in [0.25, 0.3) is 0 Å². The van der Waals surface area contributed by atoms with Crippen LogP contribution in [0.4, 0.5) is 0 Å². The summed E-state index contributed by atoms with van der Waals surface area (Å²) in [4.78, 5) is 14.8. The fourth-order valence-corrected chi connectivity index (χ4v) is 4.34. The highest BCUT2D eigenvalue weighted by molar-refractivity contribution is 5.81. The third-order valence-corrected chi connectivity index (χ3v) is 5.29. The summed E-state index contributed by atoms with van der Waals surface area (Å²) in [7, 11) is 0. The van der Waals surface area contributed by atoms with E-state index in [0.717, 1.165) is 38.5 Å². The van der Waals surface area contributed by atoms with Gasteiger partial charge in [-0.05, 0) is 45.4 Å². The molecule has 4 nitrogen and oxygen atoms in total. The Bertz CT molecular complexity index is 327. The second kappa shape index (κ2) is 5.41. The van der Waals surface area contributed by atoms with Crippen LogP contribution in [0.1, 0.15) is 58.3 Å². The Morgan fingerprint density at radius 1 is 1.16 bits per heavy atom. The normalized spacial score (nSPS) is 37.5. The number of piperidine rings is 1. The molecule has 2 saturated heterocycles. The van der Waals surface area contributed by atoms with Crippen molar-refractivity contribution in [2.24, 2.45) is 0 Å². The number of nitrogens with zero attached hydrogens (tertiary/aromatic N) is 1. The molecule has 2 N–H and O–H groups in total. The molecule has 0 aromatic rings. The van der Waals surface area contributed by atoms with Gasteiger partial charge in [-0.25, -0.2) is 0 Å². The molecule has 3 fully saturated rings. The van der Waals surface area contributed by atoms with Crippen LogP contribution in [-0.2, 0) is 4.79 Å². The Morgan fingerprint density at radius 2 is 1.74 bits per heavy atom. The molecule has 3 aliphatic rings. The van der Waals surface area contributed by atoms with E-state index < -0.39 is 0 Å². The molecular weight excluding hydrogens is 240 g/mol. The molecule has 2 heterocycles. The first-order valence-corrected chi connectivity index (χ1v) is 7.91. The Hall–Kier alpha value is -0.610. The number of carbonyl (C=O) groups is 1. The van der Waals surface area contributed by atoms with Crippen molar-refractivity contribution in [3.8, 4) is 0 Å². The van der Waals surface area contributed by atoms with Crippen LogP contribution in [0.15, 0.2) is 0 Å². The van der Waals surface area contributed by atoms with E-state index in [4.69, 9.17) is 0 Å². The monoisotopic (exact) mass is 266 g/mol. The van der Waals surface area contributed by atoms with Crippen molar-refractivity contribution >= 4 is 5.91 Å². The lowest BCUT2D eigenvalue weighted by molar-refractivity contribution is -0.129. The molecule has 1 aliphatic carbocycles. The van der Waals surface area contributed by atoms with Crippen molar-refractivity contribution in [2.45, 2.75) is 88.6 Å². The molecular formula is C15H26N2O2. The van der Waals surface area contributed by atoms with Crippen molar-refractivity contribution in [1.29, 1.82) is 0 Å². The molecule has 4 heteroatoms. The Labute approximate surface area is 115 Å². The zero-order valence-corrected chi connectivity index (χ0v) is 11.8. The number of amides is 1. The van der Waals surface area contributed by atoms with Crippen molar-refractivity contribution < 1.29 is 9.90 Å². The molecule has 0 radical (unpaired) electrons. The first kappa shape index (κ1) is 13.4. The van der Waals surface area contributed by atoms with Gasteiger partial charge in [0.05, 0.1) is 12.1 Å². The van der Waals surface area contributed by atoms with Gasteiger partial charge in [-0.1, -0.05) is 12.8 Å². The molecule has 0 aromatic heterocycles. The number of nitrogens with one attached hydrogen (secondary N) is 1. The summed E-state index contributed by atoms with van der Waals surface area (Å²) in [5.41, 5.74) is 0. The summed E-state index contributed by atoms with van der Waals surface area (Å²) in [6.45, 7) is 2.04. The molecule has 1 saturated carbocycles. The van der Waals surface area contributed by atoms with Crippen molar-refractivity contribution in [1.82, 2.24) is 10.2 Å². The van der Waals surface area contributed by atoms with Gasteiger partial charge in [0, 0.05) is 18.1 Å². The molecule has 0 spiro atoms. The standard InChI is InChI=1S/C15H26N2O2/c1-10(15(19)16-11-4-2-3-5-11)17-12-6-7-13(17)9-14(18)8-12/h10-14,18H,2-9H2,1H3,(H,16,19)/t10-,12-,13-/m0/s1. The van der Waals surface area contributed by atoms with E-state index in [1.165, 1.54) is 12.8 Å². The van der Waals surface area contributed by atoms with Crippen LogP contribution < -0.4 is 5.32 Å². The number of hydrogen-bond donors (Lipinski definition) is 2. The van der Waals surface area contributed by atoms with Gasteiger partial charge in [-0.2, -0.15) is 0 Å². The molecule has 0 unspecified atom stereocenters. The Balaban J connectivity index is 1.60. The predicted molar refractivity (Wildman–Crippen MR) is 73.8 cm³/mol. The van der Waals surface area contributed by atoms with Gasteiger partial charge in [0.15, 0.2) is 0 Å². The van der Waals surface area contributed by atoms with E-state index in [1.54, 1.807) is 0 Å². The number of rotatable bonds is 3. The van der Waals surface area contributed by atoms with Crippen LogP contribution in [0, 0.1) is 0 Å². The maximum absolute atomic E-state index is 12.4. The minimum Gasteiger partial charge on any atom is -0.393 e. The zero-order chi connectivity index (χ0) is 13.4. The van der Waals surface area contributed by atoms with Crippen molar-refractivity contribution in [2.75, 3.05) is 0 Å². The highest BCUT2D eigenvalue weighted by Crippen LogP contribution is 2.37. The van der Waals surface area contributed by atoms with E-state index in [9.17, 15) is 9.90 Å². The highest BCUT2D eigenvalue weighted by atomic mass is 16.3. The summed E-state index contributed by atoms with van der Waals surface area (Å²) in [6, 6.07) is 1.20. The molecule has 19 heavy (non-hydrogen) atoms. The van der Waals surface area contributed by atoms with Crippen LogP contribution in [0.3, 0.4) is 0 Å². The quantitative estimate of drug-likeness (QED) is 0.812. The molecule has 1 amide bonds. The maximum atomic E-state index is 12.4. The zero-order valence-electron chi connectivity index (χ0n) is 11.8. The maximum Gasteiger partial charge on any atom is 0.237 e. The average Bonchev–Trinajstić information content (AvgIpc) is 2.96. The lowest BCUT2D eigenvalue weighted by Crippen LogP contribution is -2.55. The molecule has 3 rings (SSSR count). The van der Waals surface area contributed by atoms with E-state index in [0.29, 0.717) is 18.1 Å². The summed E-state index contributed by atoms with van der Waals surface area (Å²) >= 11 is 0. The second-order valence-electron chi connectivity index (χ2n) is 6.62. The van der Waals surface area contributed by atoms with Crippen LogP contribution >= 0.6 is 0 Å². The SMILES string of the molecule is C[C@@H](C(=O)NC1CCCC1)N1[C@H]2CC[C@H]1CC(O)C2. The number of fused-ring (bicyclic) bond motifs is 2. The first-order valence-electron chi connectivity index (χ1n) is 7.91. The van der Waals surface area contributed by atoms with Gasteiger partial charge >= 0.3 is 0 Å². The van der Waals surface area contributed by atoms with Gasteiger partial charge < -0.3 is 10.4 Å². The lowest BCUT2D eigenvalue weighted by Gasteiger charge is -2.40. The Kier molecular flexibility index (Phi) is 3.81. The fraction of sp³-hybridized carbons (Fsp3) is 0.933. The molecule has 2 aliphatic heterocycles. The van der Waals surface area contributed by atoms with Crippen LogP contribution in [0.5, 0.6) is 0 Å². The van der Waals surface area contributed by atoms with Crippen molar-refractivity contribution in [3.63, 3.8) is 0 Å². The second-order valence-corrected chi connectivity index (χ2v) is 6.62. The summed E-state index contributed by atoms with van der Waals surface area (Å²) in [5, 5.41) is 13.0. The van der Waals surface area contributed by atoms with E-state index in [-0.39, 0.29) is 18.1 Å². The third kappa shape index (κ3) is 2.65. The van der Waals surface area contributed by atoms with E-state index >= 15 is 0 Å². The third-order valence-electron chi connectivity index (χ3n) is 5.29. The van der Waals surface area contributed by atoms with Crippen molar-refractivity contribution in [3.05, 3.63) is 0 Å². The number of carbonyl (C=O) groups excluding carboxylic acids is 1. The lowest BCUT2D eigenvalue weighted by atomic mass is 9.97. The van der Waals surface area contributed by atoms with E-state index in [1.807, 2.05) is 6.92 Å². The summed E-state index contributed by atoms with van der Waals surface area (Å²) in [5.74, 6) is 0.195. The topological polar surface area (TPSA) is 52.6 Å². The summed E-state index contributed by atoms with van der Waals surface area (Å²) in [6.07, 6.45) is 8.61. The minimum atomic E-state index is -0.154. The van der Waals surface area contributed by atoms with E-state index in [2.05, 4.69) is 10.2 Å². The minimum absolute atomic E-state index is 0.0365.